The summed E-state index contributed by atoms with van der Waals surface area (Å²) in [5, 5.41) is 11.9. The summed E-state index contributed by atoms with van der Waals surface area (Å²) in [5.74, 6) is 3.95. The van der Waals surface area contributed by atoms with Crippen molar-refractivity contribution in [3.8, 4) is 17.4 Å². The number of rotatable bonds is 8. The van der Waals surface area contributed by atoms with Crippen LogP contribution in [-0.2, 0) is 31.9 Å². The van der Waals surface area contributed by atoms with E-state index >= 15 is 0 Å². The molecule has 1 aliphatic carbocycles. The summed E-state index contributed by atoms with van der Waals surface area (Å²) in [5.41, 5.74) is 8.99. The van der Waals surface area contributed by atoms with Gasteiger partial charge >= 0.3 is 0 Å². The van der Waals surface area contributed by atoms with Crippen LogP contribution in [0, 0.1) is 12.0 Å². The molecule has 1 aliphatic heterocycles. The first-order valence-corrected chi connectivity index (χ1v) is 19.8. The van der Waals surface area contributed by atoms with Crippen molar-refractivity contribution in [2.45, 2.75) is 150 Å². The minimum Gasteiger partial charge on any atom is -0.506 e. The molecule has 2 aliphatic rings. The van der Waals surface area contributed by atoms with E-state index in [1.165, 1.54) is 54.5 Å². The molecule has 0 radical (unpaired) electrons. The van der Waals surface area contributed by atoms with Gasteiger partial charge in [0.1, 0.15) is 11.3 Å². The third-order valence-electron chi connectivity index (χ3n) is 11.3. The smallest absolute Gasteiger partial charge is 0.217 e. The number of fused-ring (bicyclic) bond motifs is 1. The number of amidine groups is 1. The molecule has 288 valence electrons. The van der Waals surface area contributed by atoms with Gasteiger partial charge < -0.3 is 19.7 Å². The first kappa shape index (κ1) is 41.0. The fourth-order valence-corrected chi connectivity index (χ4v) is 7.91. The first-order valence-electron chi connectivity index (χ1n) is 19.8. The van der Waals surface area contributed by atoms with Gasteiger partial charge in [-0.15, -0.1) is 17.2 Å². The second kappa shape index (κ2) is 15.9. The quantitative estimate of drug-likeness (QED) is 0.179. The van der Waals surface area contributed by atoms with E-state index in [-0.39, 0.29) is 43.7 Å². The molecular formula is C47H62N3O2Pt-. The van der Waals surface area contributed by atoms with Crippen molar-refractivity contribution in [3.63, 3.8) is 0 Å². The maximum Gasteiger partial charge on any atom is 0.217 e. The number of anilines is 1. The number of aromatic hydroxyl groups is 1. The van der Waals surface area contributed by atoms with Gasteiger partial charge in [0.05, 0.1) is 11.9 Å². The van der Waals surface area contributed by atoms with Gasteiger partial charge in [0, 0.05) is 50.5 Å². The molecule has 6 heteroatoms. The zero-order valence-electron chi connectivity index (χ0n) is 34.3. The Labute approximate surface area is 334 Å². The third kappa shape index (κ3) is 8.88. The maximum atomic E-state index is 11.0. The van der Waals surface area contributed by atoms with Crippen molar-refractivity contribution in [1.82, 2.24) is 4.98 Å². The predicted molar refractivity (Wildman–Crippen MR) is 219 cm³/mol. The van der Waals surface area contributed by atoms with E-state index in [0.29, 0.717) is 40.8 Å². The maximum absolute atomic E-state index is 11.0. The van der Waals surface area contributed by atoms with Crippen LogP contribution in [0.4, 0.5) is 5.69 Å². The number of nitrogens with zero attached hydrogens (tertiary/aromatic N) is 3. The minimum atomic E-state index is -0.141. The molecule has 4 aromatic rings. The molecule has 6 rings (SSSR count). The van der Waals surface area contributed by atoms with Crippen LogP contribution < -0.4 is 9.64 Å². The SMILES string of the molecule is CC(C)c1cc(C(C)C)c(N2C[C@H](C3CCCCC3)N=C2c2[c-]c(Oc3ccc4cc(C(C)(C)C)cc(O)c4n3)cc(C(C)(C)C)c2)c(C(C)C)c1.[Pt]. The van der Waals surface area contributed by atoms with E-state index in [4.69, 9.17) is 14.7 Å². The molecule has 5 nitrogen and oxygen atoms in total. The third-order valence-corrected chi connectivity index (χ3v) is 11.3. The van der Waals surface area contributed by atoms with Crippen LogP contribution in [-0.4, -0.2) is 28.5 Å². The summed E-state index contributed by atoms with van der Waals surface area (Å²) in [6.07, 6.45) is 6.40. The van der Waals surface area contributed by atoms with Crippen LogP contribution in [0.15, 0.2) is 53.5 Å². The average Bonchev–Trinajstić information content (AvgIpc) is 3.52. The number of pyridine rings is 1. The molecule has 0 amide bonds. The summed E-state index contributed by atoms with van der Waals surface area (Å²) < 4.78 is 6.57. The molecule has 1 fully saturated rings. The molecule has 1 saturated carbocycles. The standard InChI is InChI=1S/C47H62N3O2.Pt/c1-28(2)33-23-38(29(3)4)44(39(24-33)30(5)6)50-27-40(31-16-14-13-15-17-31)48-45(50)34-21-35(46(7,8)9)25-37(22-34)52-42-19-18-32-20-36(47(10,11)12)26-41(51)43(32)49-42;/h18-21,23-26,28-31,40,51H,13-17,27H2,1-12H3;/q-1;/t40-;/m1./s1. The molecule has 0 bridgehead atoms. The number of hydrogen-bond donors (Lipinski definition) is 1. The predicted octanol–water partition coefficient (Wildman–Crippen LogP) is 12.7. The normalized spacial score (nSPS) is 17.2. The van der Waals surface area contributed by atoms with Gasteiger partial charge in [0.15, 0.2) is 0 Å². The Morgan fingerprint density at radius 1 is 0.774 bits per heavy atom. The molecule has 3 aromatic carbocycles. The number of aliphatic imine (C=N–C) groups is 1. The summed E-state index contributed by atoms with van der Waals surface area (Å²) in [6, 6.07) is 21.0. The summed E-state index contributed by atoms with van der Waals surface area (Å²) in [6.45, 7) is 28.0. The van der Waals surface area contributed by atoms with E-state index < -0.39 is 0 Å². The Kier molecular flexibility index (Phi) is 12.3. The molecule has 0 saturated heterocycles. The van der Waals surface area contributed by atoms with Gasteiger partial charge in [0.25, 0.3) is 0 Å². The molecular weight excluding hydrogens is 834 g/mol. The summed E-state index contributed by atoms with van der Waals surface area (Å²) in [4.78, 5) is 13.0. The van der Waals surface area contributed by atoms with Crippen LogP contribution in [0.1, 0.15) is 166 Å². The largest absolute Gasteiger partial charge is 0.506 e. The van der Waals surface area contributed by atoms with Gasteiger partial charge in [-0.05, 0) is 87.8 Å². The van der Waals surface area contributed by atoms with Crippen LogP contribution >= 0.6 is 0 Å². The number of phenols is 1. The zero-order valence-corrected chi connectivity index (χ0v) is 36.5. The van der Waals surface area contributed by atoms with Crippen molar-refractivity contribution in [2.24, 2.45) is 10.9 Å². The Morgan fingerprint density at radius 2 is 1.38 bits per heavy atom. The Balaban J connectivity index is 0.00000541. The number of benzene rings is 3. The molecule has 0 spiro atoms. The van der Waals surface area contributed by atoms with Crippen molar-refractivity contribution < 1.29 is 30.9 Å². The Hall–Kier alpha value is -3.17. The second-order valence-corrected chi connectivity index (χ2v) is 18.5. The van der Waals surface area contributed by atoms with E-state index in [1.807, 2.05) is 18.2 Å². The van der Waals surface area contributed by atoms with Crippen LogP contribution in [0.5, 0.6) is 17.4 Å². The molecule has 1 aromatic heterocycles. The number of aromatic nitrogens is 1. The van der Waals surface area contributed by atoms with E-state index in [2.05, 4.69) is 124 Å². The number of ether oxygens (including phenoxy) is 1. The first-order chi connectivity index (χ1) is 24.4. The second-order valence-electron chi connectivity index (χ2n) is 18.5. The van der Waals surface area contributed by atoms with E-state index in [9.17, 15) is 5.11 Å². The van der Waals surface area contributed by atoms with E-state index in [1.54, 1.807) is 0 Å². The molecule has 1 atom stereocenters. The van der Waals surface area contributed by atoms with Crippen LogP contribution in [0.2, 0.25) is 0 Å². The van der Waals surface area contributed by atoms with Crippen molar-refractivity contribution >= 4 is 22.4 Å². The van der Waals surface area contributed by atoms with Crippen molar-refractivity contribution in [1.29, 1.82) is 0 Å². The molecule has 0 unspecified atom stereocenters. The van der Waals surface area contributed by atoms with Gasteiger partial charge in [0.2, 0.25) is 5.88 Å². The van der Waals surface area contributed by atoms with Crippen molar-refractivity contribution in [3.05, 3.63) is 88.0 Å². The Morgan fingerprint density at radius 3 is 1.94 bits per heavy atom. The van der Waals surface area contributed by atoms with Gasteiger partial charge in [-0.1, -0.05) is 127 Å². The van der Waals surface area contributed by atoms with Gasteiger partial charge in [-0.3, -0.25) is 0 Å². The fourth-order valence-electron chi connectivity index (χ4n) is 7.91. The van der Waals surface area contributed by atoms with Crippen LogP contribution in [0.25, 0.3) is 10.9 Å². The molecule has 1 N–H and O–H groups in total. The molecule has 53 heavy (non-hydrogen) atoms. The summed E-state index contributed by atoms with van der Waals surface area (Å²) in [7, 11) is 0. The van der Waals surface area contributed by atoms with Crippen molar-refractivity contribution in [2.75, 3.05) is 11.4 Å². The number of hydrogen-bond acceptors (Lipinski definition) is 5. The number of phenolic OH excluding ortho intramolecular Hbond substituents is 1. The van der Waals surface area contributed by atoms with Crippen LogP contribution in [0.3, 0.4) is 0 Å². The van der Waals surface area contributed by atoms with Gasteiger partial charge in [-0.2, -0.15) is 0 Å². The average molecular weight is 896 g/mol. The summed E-state index contributed by atoms with van der Waals surface area (Å²) >= 11 is 0. The fraction of sp³-hybridized carbons (Fsp3) is 0.532. The topological polar surface area (TPSA) is 58.0 Å². The van der Waals surface area contributed by atoms with Gasteiger partial charge in [-0.25, -0.2) is 4.98 Å². The zero-order chi connectivity index (χ0) is 37.7. The monoisotopic (exact) mass is 895 g/mol. The van der Waals surface area contributed by atoms with E-state index in [0.717, 1.165) is 34.5 Å². The minimum absolute atomic E-state index is 0. The molecule has 2 heterocycles. The Bertz CT molecular complexity index is 1930.